The summed E-state index contributed by atoms with van der Waals surface area (Å²) in [5.41, 5.74) is 0. The van der Waals surface area contributed by atoms with Gasteiger partial charge in [-0.25, -0.2) is 4.79 Å². The Morgan fingerprint density at radius 2 is 1.38 bits per heavy atom. The fourth-order valence-electron chi connectivity index (χ4n) is 2.86. The average Bonchev–Trinajstić information content (AvgIpc) is 2.53. The van der Waals surface area contributed by atoms with Crippen molar-refractivity contribution < 1.29 is 4.79 Å². The van der Waals surface area contributed by atoms with E-state index < -0.39 is 0 Å². The zero-order valence-corrected chi connectivity index (χ0v) is 14.4. The van der Waals surface area contributed by atoms with Gasteiger partial charge in [0.1, 0.15) is 0 Å². The summed E-state index contributed by atoms with van der Waals surface area (Å²) in [7, 11) is 0. The molecule has 1 saturated heterocycles. The smallest absolute Gasteiger partial charge is 0.320 e. The SMILES string of the molecule is CCCCCN(CCCCC)C(=O)N1CCN(CC)CC1. The van der Waals surface area contributed by atoms with Crippen LogP contribution in [0.4, 0.5) is 4.79 Å². The lowest BCUT2D eigenvalue weighted by molar-refractivity contribution is 0.114. The normalized spacial score (nSPS) is 16.2. The van der Waals surface area contributed by atoms with Gasteiger partial charge >= 0.3 is 6.03 Å². The van der Waals surface area contributed by atoms with E-state index in [4.69, 9.17) is 0 Å². The molecule has 0 bridgehead atoms. The molecule has 4 heteroatoms. The van der Waals surface area contributed by atoms with Crippen LogP contribution < -0.4 is 0 Å². The number of amides is 2. The van der Waals surface area contributed by atoms with Crippen molar-refractivity contribution in [1.29, 1.82) is 0 Å². The average molecular weight is 297 g/mol. The maximum absolute atomic E-state index is 12.7. The Morgan fingerprint density at radius 1 is 0.857 bits per heavy atom. The second-order valence-electron chi connectivity index (χ2n) is 6.11. The summed E-state index contributed by atoms with van der Waals surface area (Å²) in [5, 5.41) is 0. The van der Waals surface area contributed by atoms with Crippen molar-refractivity contribution in [1.82, 2.24) is 14.7 Å². The molecule has 0 radical (unpaired) electrons. The molecule has 1 heterocycles. The Hall–Kier alpha value is -0.770. The maximum Gasteiger partial charge on any atom is 0.320 e. The van der Waals surface area contributed by atoms with Crippen molar-refractivity contribution in [3.05, 3.63) is 0 Å². The van der Waals surface area contributed by atoms with Crippen molar-refractivity contribution in [2.45, 2.75) is 59.3 Å². The van der Waals surface area contributed by atoms with E-state index in [-0.39, 0.29) is 6.03 Å². The number of hydrogen-bond acceptors (Lipinski definition) is 2. The van der Waals surface area contributed by atoms with Gasteiger partial charge in [0.15, 0.2) is 0 Å². The molecule has 0 unspecified atom stereocenters. The molecule has 0 spiro atoms. The van der Waals surface area contributed by atoms with E-state index in [0.717, 1.165) is 58.7 Å². The van der Waals surface area contributed by atoms with Crippen LogP contribution in [0.1, 0.15) is 59.3 Å². The molecule has 0 N–H and O–H groups in total. The number of urea groups is 1. The van der Waals surface area contributed by atoms with E-state index in [1.807, 2.05) is 0 Å². The first-order chi connectivity index (χ1) is 10.2. The van der Waals surface area contributed by atoms with Crippen LogP contribution in [0.5, 0.6) is 0 Å². The zero-order chi connectivity index (χ0) is 15.5. The summed E-state index contributed by atoms with van der Waals surface area (Å²) < 4.78 is 0. The van der Waals surface area contributed by atoms with Crippen LogP contribution in [0.3, 0.4) is 0 Å². The Morgan fingerprint density at radius 3 is 1.81 bits per heavy atom. The highest BCUT2D eigenvalue weighted by Crippen LogP contribution is 2.09. The van der Waals surface area contributed by atoms with Crippen molar-refractivity contribution in [2.75, 3.05) is 45.8 Å². The number of nitrogens with zero attached hydrogens (tertiary/aromatic N) is 3. The molecule has 0 aliphatic carbocycles. The lowest BCUT2D eigenvalue weighted by Gasteiger charge is -2.37. The van der Waals surface area contributed by atoms with Crippen molar-refractivity contribution in [3.63, 3.8) is 0 Å². The van der Waals surface area contributed by atoms with Gasteiger partial charge in [0.05, 0.1) is 0 Å². The number of unbranched alkanes of at least 4 members (excludes halogenated alkanes) is 4. The van der Waals surface area contributed by atoms with Crippen LogP contribution >= 0.6 is 0 Å². The van der Waals surface area contributed by atoms with E-state index in [1.165, 1.54) is 25.7 Å². The van der Waals surface area contributed by atoms with Gasteiger partial charge in [0.2, 0.25) is 0 Å². The quantitative estimate of drug-likeness (QED) is 0.610. The molecular formula is C17H35N3O. The van der Waals surface area contributed by atoms with Crippen molar-refractivity contribution in [3.8, 4) is 0 Å². The maximum atomic E-state index is 12.7. The third-order valence-electron chi connectivity index (χ3n) is 4.42. The van der Waals surface area contributed by atoms with E-state index in [2.05, 4.69) is 35.5 Å². The largest absolute Gasteiger partial charge is 0.325 e. The van der Waals surface area contributed by atoms with Gasteiger partial charge in [-0.1, -0.05) is 46.5 Å². The second kappa shape index (κ2) is 10.9. The van der Waals surface area contributed by atoms with Crippen LogP contribution in [-0.4, -0.2) is 66.5 Å². The highest BCUT2D eigenvalue weighted by Gasteiger charge is 2.24. The molecule has 124 valence electrons. The molecule has 1 aliphatic heterocycles. The van der Waals surface area contributed by atoms with Gasteiger partial charge in [-0.2, -0.15) is 0 Å². The van der Waals surface area contributed by atoms with Crippen LogP contribution in [-0.2, 0) is 0 Å². The fraction of sp³-hybridized carbons (Fsp3) is 0.941. The van der Waals surface area contributed by atoms with Crippen LogP contribution in [0.25, 0.3) is 0 Å². The van der Waals surface area contributed by atoms with Gasteiger partial charge in [0.25, 0.3) is 0 Å². The number of carbonyl (C=O) groups is 1. The molecule has 4 nitrogen and oxygen atoms in total. The van der Waals surface area contributed by atoms with E-state index in [9.17, 15) is 4.79 Å². The van der Waals surface area contributed by atoms with Crippen LogP contribution in [0.15, 0.2) is 0 Å². The van der Waals surface area contributed by atoms with E-state index in [1.54, 1.807) is 0 Å². The Bertz CT molecular complexity index is 265. The highest BCUT2D eigenvalue weighted by atomic mass is 16.2. The third-order valence-corrected chi connectivity index (χ3v) is 4.42. The number of rotatable bonds is 9. The first-order valence-electron chi connectivity index (χ1n) is 8.99. The summed E-state index contributed by atoms with van der Waals surface area (Å²) in [5.74, 6) is 0. The van der Waals surface area contributed by atoms with E-state index in [0.29, 0.717) is 0 Å². The van der Waals surface area contributed by atoms with Crippen molar-refractivity contribution in [2.24, 2.45) is 0 Å². The summed E-state index contributed by atoms with van der Waals surface area (Å²) in [6.45, 7) is 13.4. The summed E-state index contributed by atoms with van der Waals surface area (Å²) in [4.78, 5) is 19.3. The molecule has 0 saturated carbocycles. The molecule has 0 aromatic carbocycles. The molecule has 1 fully saturated rings. The zero-order valence-electron chi connectivity index (χ0n) is 14.4. The van der Waals surface area contributed by atoms with Crippen molar-refractivity contribution >= 4 is 6.03 Å². The molecule has 1 rings (SSSR count). The Balaban J connectivity index is 2.44. The first-order valence-corrected chi connectivity index (χ1v) is 8.99. The summed E-state index contributed by atoms with van der Waals surface area (Å²) >= 11 is 0. The third kappa shape index (κ3) is 6.68. The summed E-state index contributed by atoms with van der Waals surface area (Å²) in [6.07, 6.45) is 7.16. The fourth-order valence-corrected chi connectivity index (χ4v) is 2.86. The highest BCUT2D eigenvalue weighted by molar-refractivity contribution is 5.74. The Labute approximate surface area is 131 Å². The molecule has 0 atom stereocenters. The Kier molecular flexibility index (Phi) is 9.48. The first kappa shape index (κ1) is 18.3. The van der Waals surface area contributed by atoms with Gasteiger partial charge in [-0.15, -0.1) is 0 Å². The molecule has 0 aromatic heterocycles. The van der Waals surface area contributed by atoms with Crippen LogP contribution in [0.2, 0.25) is 0 Å². The summed E-state index contributed by atoms with van der Waals surface area (Å²) in [6, 6.07) is 0.276. The van der Waals surface area contributed by atoms with Crippen LogP contribution in [0, 0.1) is 0 Å². The predicted octanol–water partition coefficient (Wildman–Crippen LogP) is 3.43. The number of likely N-dealkylation sites (N-methyl/N-ethyl adjacent to an activating group) is 1. The predicted molar refractivity (Wildman–Crippen MR) is 89.7 cm³/mol. The van der Waals surface area contributed by atoms with Gasteiger partial charge < -0.3 is 14.7 Å². The van der Waals surface area contributed by atoms with E-state index >= 15 is 0 Å². The number of carbonyl (C=O) groups excluding carboxylic acids is 1. The molecule has 21 heavy (non-hydrogen) atoms. The molecule has 1 aliphatic rings. The minimum Gasteiger partial charge on any atom is -0.325 e. The standard InChI is InChI=1S/C17H35N3O/c1-4-7-9-11-19(12-10-8-5-2)17(21)20-15-13-18(6-3)14-16-20/h4-16H2,1-3H3. The van der Waals surface area contributed by atoms with Gasteiger partial charge in [-0.3, -0.25) is 0 Å². The lowest BCUT2D eigenvalue weighted by atomic mass is 10.2. The molecule has 2 amide bonds. The molecule has 0 aromatic rings. The number of hydrogen-bond donors (Lipinski definition) is 0. The molecular weight excluding hydrogens is 262 g/mol. The monoisotopic (exact) mass is 297 g/mol. The van der Waals surface area contributed by atoms with Gasteiger partial charge in [-0.05, 0) is 19.4 Å². The minimum atomic E-state index is 0.276. The second-order valence-corrected chi connectivity index (χ2v) is 6.11. The lowest BCUT2D eigenvalue weighted by Crippen LogP contribution is -2.53. The minimum absolute atomic E-state index is 0.276. The van der Waals surface area contributed by atoms with Gasteiger partial charge in [0, 0.05) is 39.3 Å². The number of piperazine rings is 1. The topological polar surface area (TPSA) is 26.8 Å².